The van der Waals surface area contributed by atoms with Crippen LogP contribution < -0.4 is 0 Å². The highest BCUT2D eigenvalue weighted by Crippen LogP contribution is 2.21. The molecule has 0 aromatic heterocycles. The van der Waals surface area contributed by atoms with Gasteiger partial charge in [-0.1, -0.05) is 20.8 Å². The number of nitrogens with zero attached hydrogens (tertiary/aromatic N) is 1. The first kappa shape index (κ1) is 14.0. The Kier molecular flexibility index (Phi) is 4.51. The van der Waals surface area contributed by atoms with Crippen molar-refractivity contribution in [3.05, 3.63) is 0 Å². The molecule has 1 unspecified atom stereocenters. The predicted molar refractivity (Wildman–Crippen MR) is 62.6 cm³/mol. The molecule has 17 heavy (non-hydrogen) atoms. The molecule has 0 radical (unpaired) electrons. The summed E-state index contributed by atoms with van der Waals surface area (Å²) >= 11 is 0. The van der Waals surface area contributed by atoms with E-state index >= 15 is 0 Å². The molecule has 0 aromatic rings. The number of morpholine rings is 1. The summed E-state index contributed by atoms with van der Waals surface area (Å²) in [6, 6.07) is -0.105. The lowest BCUT2D eigenvalue weighted by molar-refractivity contribution is -0.151. The second-order valence-electron chi connectivity index (χ2n) is 5.68. The van der Waals surface area contributed by atoms with E-state index < -0.39 is 5.97 Å². The molecule has 1 heterocycles. The fourth-order valence-electron chi connectivity index (χ4n) is 1.92. The predicted octanol–water partition coefficient (Wildman–Crippen LogP) is 1.12. The van der Waals surface area contributed by atoms with Gasteiger partial charge in [-0.05, 0) is 11.8 Å². The summed E-state index contributed by atoms with van der Waals surface area (Å²) in [4.78, 5) is 24.1. The van der Waals surface area contributed by atoms with Crippen LogP contribution in [0.3, 0.4) is 0 Å². The van der Waals surface area contributed by atoms with Gasteiger partial charge in [0.2, 0.25) is 5.91 Å². The zero-order chi connectivity index (χ0) is 13.1. The Morgan fingerprint density at radius 3 is 2.71 bits per heavy atom. The van der Waals surface area contributed by atoms with Gasteiger partial charge in [-0.2, -0.15) is 0 Å². The Morgan fingerprint density at radius 1 is 1.53 bits per heavy atom. The van der Waals surface area contributed by atoms with Crippen molar-refractivity contribution in [2.24, 2.45) is 5.41 Å². The van der Waals surface area contributed by atoms with E-state index in [1.165, 1.54) is 0 Å². The summed E-state index contributed by atoms with van der Waals surface area (Å²) in [5, 5.41) is 8.68. The van der Waals surface area contributed by atoms with Crippen LogP contribution in [0.15, 0.2) is 0 Å². The fourth-order valence-corrected chi connectivity index (χ4v) is 1.92. The summed E-state index contributed by atoms with van der Waals surface area (Å²) in [6.45, 7) is 7.37. The lowest BCUT2D eigenvalue weighted by atomic mass is 9.94. The van der Waals surface area contributed by atoms with Crippen LogP contribution in [0.25, 0.3) is 0 Å². The quantitative estimate of drug-likeness (QED) is 0.803. The molecule has 0 saturated carbocycles. The number of hydrogen-bond acceptors (Lipinski definition) is 3. The van der Waals surface area contributed by atoms with E-state index in [1.807, 2.05) is 0 Å². The average molecular weight is 243 g/mol. The third-order valence-electron chi connectivity index (χ3n) is 2.63. The van der Waals surface area contributed by atoms with E-state index in [2.05, 4.69) is 20.8 Å². The van der Waals surface area contributed by atoms with Crippen molar-refractivity contribution < 1.29 is 19.4 Å². The molecule has 1 aliphatic rings. The van der Waals surface area contributed by atoms with Crippen LogP contribution in [-0.2, 0) is 14.3 Å². The molecule has 1 N–H and O–H groups in total. The molecule has 98 valence electrons. The molecule has 1 amide bonds. The third-order valence-corrected chi connectivity index (χ3v) is 2.63. The van der Waals surface area contributed by atoms with Gasteiger partial charge in [-0.15, -0.1) is 0 Å². The third kappa shape index (κ3) is 4.73. The zero-order valence-electron chi connectivity index (χ0n) is 10.7. The van der Waals surface area contributed by atoms with Gasteiger partial charge >= 0.3 is 5.97 Å². The van der Waals surface area contributed by atoms with Gasteiger partial charge in [0, 0.05) is 13.0 Å². The molecular formula is C12H21NO4. The van der Waals surface area contributed by atoms with Gasteiger partial charge in [0.1, 0.15) is 6.61 Å². The minimum atomic E-state index is -0.835. The highest BCUT2D eigenvalue weighted by Gasteiger charge is 2.31. The first-order valence-corrected chi connectivity index (χ1v) is 5.88. The number of carboxylic acids is 1. The van der Waals surface area contributed by atoms with Gasteiger partial charge in [-0.3, -0.25) is 9.59 Å². The lowest BCUT2D eigenvalue weighted by Crippen LogP contribution is -2.52. The van der Waals surface area contributed by atoms with Crippen molar-refractivity contribution in [2.75, 3.05) is 19.8 Å². The zero-order valence-corrected chi connectivity index (χ0v) is 10.7. The first-order chi connectivity index (χ1) is 7.79. The van der Waals surface area contributed by atoms with Gasteiger partial charge in [0.25, 0.3) is 0 Å². The summed E-state index contributed by atoms with van der Waals surface area (Å²) in [7, 11) is 0. The van der Waals surface area contributed by atoms with E-state index in [4.69, 9.17) is 9.84 Å². The Morgan fingerprint density at radius 2 is 2.18 bits per heavy atom. The van der Waals surface area contributed by atoms with E-state index in [0.717, 1.165) is 0 Å². The summed E-state index contributed by atoms with van der Waals surface area (Å²) < 4.78 is 5.19. The number of rotatable bonds is 4. The molecule has 5 nitrogen and oxygen atoms in total. The fraction of sp³-hybridized carbons (Fsp3) is 0.833. The van der Waals surface area contributed by atoms with Gasteiger partial charge in [-0.25, -0.2) is 0 Å². The lowest BCUT2D eigenvalue weighted by Gasteiger charge is -2.39. The number of ether oxygens (including phenoxy) is 1. The molecule has 0 bridgehead atoms. The highest BCUT2D eigenvalue weighted by atomic mass is 16.5. The van der Waals surface area contributed by atoms with E-state index in [0.29, 0.717) is 19.6 Å². The number of hydrogen-bond donors (Lipinski definition) is 1. The second-order valence-corrected chi connectivity index (χ2v) is 5.68. The molecule has 1 rings (SSSR count). The van der Waals surface area contributed by atoms with Crippen molar-refractivity contribution in [2.45, 2.75) is 39.7 Å². The Labute approximate surface area is 102 Å². The molecule has 0 aromatic carbocycles. The SMILES string of the molecule is CC(C)(C)CN1C(=O)COCC1CCC(=O)O. The maximum Gasteiger partial charge on any atom is 0.303 e. The van der Waals surface area contributed by atoms with Gasteiger partial charge in [0.05, 0.1) is 12.6 Å². The number of carbonyl (C=O) groups is 2. The van der Waals surface area contributed by atoms with Crippen LogP contribution in [0.1, 0.15) is 33.6 Å². The standard InChI is InChI=1S/C12H21NO4/c1-12(2,3)8-13-9(4-5-11(15)16)6-17-7-10(13)14/h9H,4-8H2,1-3H3,(H,15,16). The van der Waals surface area contributed by atoms with Crippen LogP contribution in [0.2, 0.25) is 0 Å². The summed E-state index contributed by atoms with van der Waals surface area (Å²) in [5.74, 6) is -0.875. The maximum atomic E-state index is 11.8. The van der Waals surface area contributed by atoms with Gasteiger partial charge < -0.3 is 14.7 Å². The minimum Gasteiger partial charge on any atom is -0.481 e. The van der Waals surface area contributed by atoms with Crippen LogP contribution in [0.4, 0.5) is 0 Å². The van der Waals surface area contributed by atoms with Crippen molar-refractivity contribution in [1.29, 1.82) is 0 Å². The smallest absolute Gasteiger partial charge is 0.303 e. The Bertz CT molecular complexity index is 295. The van der Waals surface area contributed by atoms with Crippen molar-refractivity contribution in [3.63, 3.8) is 0 Å². The Hall–Kier alpha value is -1.10. The number of aliphatic carboxylic acids is 1. The van der Waals surface area contributed by atoms with Crippen LogP contribution in [-0.4, -0.2) is 47.7 Å². The van der Waals surface area contributed by atoms with Crippen molar-refractivity contribution in [3.8, 4) is 0 Å². The van der Waals surface area contributed by atoms with Gasteiger partial charge in [0.15, 0.2) is 0 Å². The van der Waals surface area contributed by atoms with E-state index in [1.54, 1.807) is 4.90 Å². The topological polar surface area (TPSA) is 66.8 Å². The van der Waals surface area contributed by atoms with Crippen LogP contribution in [0.5, 0.6) is 0 Å². The monoisotopic (exact) mass is 243 g/mol. The van der Waals surface area contributed by atoms with Crippen LogP contribution in [0, 0.1) is 5.41 Å². The molecule has 0 spiro atoms. The molecule has 5 heteroatoms. The molecule has 1 aliphatic heterocycles. The molecule has 1 saturated heterocycles. The summed E-state index contributed by atoms with van der Waals surface area (Å²) in [6.07, 6.45) is 0.527. The largest absolute Gasteiger partial charge is 0.481 e. The van der Waals surface area contributed by atoms with E-state index in [9.17, 15) is 9.59 Å². The molecular weight excluding hydrogens is 222 g/mol. The second kappa shape index (κ2) is 5.49. The van der Waals surface area contributed by atoms with Crippen LogP contribution >= 0.6 is 0 Å². The number of carbonyl (C=O) groups excluding carboxylic acids is 1. The average Bonchev–Trinajstić information content (AvgIpc) is 2.17. The Balaban J connectivity index is 2.63. The number of carboxylic acid groups (broad SMARTS) is 1. The molecule has 0 aliphatic carbocycles. The molecule has 1 atom stereocenters. The number of amides is 1. The minimum absolute atomic E-state index is 0.00841. The van der Waals surface area contributed by atoms with Crippen molar-refractivity contribution >= 4 is 11.9 Å². The first-order valence-electron chi connectivity index (χ1n) is 5.88. The van der Waals surface area contributed by atoms with Crippen molar-refractivity contribution in [1.82, 2.24) is 4.90 Å². The summed E-state index contributed by atoms with van der Waals surface area (Å²) in [5.41, 5.74) is 0.00841. The highest BCUT2D eigenvalue weighted by molar-refractivity contribution is 5.78. The van der Waals surface area contributed by atoms with E-state index in [-0.39, 0.29) is 30.4 Å². The maximum absolute atomic E-state index is 11.8. The molecule has 1 fully saturated rings. The normalized spacial score (nSPS) is 21.7.